The monoisotopic (exact) mass is 755 g/mol. The number of fused-ring (bicyclic) bond motifs is 12. The first-order valence-corrected chi connectivity index (χ1v) is 13.7. The predicted octanol–water partition coefficient (Wildman–Crippen LogP) is 9.97. The van der Waals surface area contributed by atoms with E-state index < -0.39 is 20.6 Å². The molecule has 0 unspecified atom stereocenters. The molecule has 0 spiro atoms. The molecule has 0 N–H and O–H groups in total. The molecule has 0 fully saturated rings. The second-order valence-corrected chi connectivity index (χ2v) is 10.3. The van der Waals surface area contributed by atoms with Gasteiger partial charge in [-0.1, -0.05) is 66.3 Å². The van der Waals surface area contributed by atoms with Gasteiger partial charge in [0.15, 0.2) is 5.58 Å². The van der Waals surface area contributed by atoms with Gasteiger partial charge in [-0.25, -0.2) is 0 Å². The van der Waals surface area contributed by atoms with Gasteiger partial charge >= 0.3 is 0 Å². The first-order chi connectivity index (χ1) is 24.7. The Morgan fingerprint density at radius 2 is 1.61 bits per heavy atom. The Labute approximate surface area is 281 Å². The summed E-state index contributed by atoms with van der Waals surface area (Å²) >= 11 is 0. The zero-order valence-electron chi connectivity index (χ0n) is 32.0. The number of pyridine rings is 2. The Morgan fingerprint density at radius 1 is 0.773 bits per heavy atom. The van der Waals surface area contributed by atoms with Crippen molar-refractivity contribution in [3.8, 4) is 11.3 Å². The van der Waals surface area contributed by atoms with Crippen LogP contribution in [0.4, 0.5) is 0 Å². The molecule has 0 bridgehead atoms. The molecule has 0 aliphatic carbocycles. The summed E-state index contributed by atoms with van der Waals surface area (Å²) < 4.78 is 75.5. The third kappa shape index (κ3) is 4.48. The molecule has 215 valence electrons. The van der Waals surface area contributed by atoms with Crippen molar-refractivity contribution < 1.29 is 36.9 Å². The molecule has 5 aromatic carbocycles. The molecule has 0 saturated heterocycles. The van der Waals surface area contributed by atoms with Crippen LogP contribution in [-0.2, 0) is 20.1 Å². The van der Waals surface area contributed by atoms with Crippen molar-refractivity contribution in [2.45, 2.75) is 20.6 Å². The van der Waals surface area contributed by atoms with Crippen LogP contribution in [0.2, 0.25) is 0 Å². The first kappa shape index (κ1) is 19.4. The number of nitrogens with zero attached hydrogens (tertiary/aromatic N) is 3. The van der Waals surface area contributed by atoms with Gasteiger partial charge in [-0.15, -0.1) is 65.0 Å². The van der Waals surface area contributed by atoms with Crippen LogP contribution in [0.25, 0.3) is 71.6 Å². The summed E-state index contributed by atoms with van der Waals surface area (Å²) in [6.07, 6.45) is 1.02. The molecule has 0 amide bonds. The fourth-order valence-corrected chi connectivity index (χ4v) is 5.67. The first-order valence-electron chi connectivity index (χ1n) is 18.2. The number of para-hydroxylation sites is 3. The second-order valence-electron chi connectivity index (χ2n) is 10.3. The quantitative estimate of drug-likeness (QED) is 0.124. The van der Waals surface area contributed by atoms with E-state index in [4.69, 9.17) is 21.7 Å². The van der Waals surface area contributed by atoms with E-state index in [9.17, 15) is 0 Å². The zero-order valence-corrected chi connectivity index (χ0v) is 25.4. The Hall–Kier alpha value is -4.83. The van der Waals surface area contributed by atoms with Gasteiger partial charge in [-0.2, -0.15) is 0 Å². The summed E-state index contributed by atoms with van der Waals surface area (Å²) in [7, 11) is 0. The van der Waals surface area contributed by atoms with Crippen molar-refractivity contribution in [3.63, 3.8) is 0 Å². The van der Waals surface area contributed by atoms with E-state index in [2.05, 4.69) is 70.0 Å². The summed E-state index contributed by atoms with van der Waals surface area (Å²) in [5.74, 6) is 0. The van der Waals surface area contributed by atoms with E-state index in [0.29, 0.717) is 5.56 Å². The summed E-state index contributed by atoms with van der Waals surface area (Å²) in [6, 6.07) is 38.4. The fourth-order valence-electron chi connectivity index (χ4n) is 5.67. The van der Waals surface area contributed by atoms with Gasteiger partial charge in [0, 0.05) is 49.4 Å². The molecule has 1 radical (unpaired) electrons. The Bertz CT molecular complexity index is 2820. The SMILES string of the molecule is [2H]C([2H])([2H])c1c[c-]c(-c2cc(C([2H])([2H])[2H])c(C([2H])([2H])[2H])cn2)cc1.[Ir].[c-]1cccc2c1c1nc3ccccc3n1c1c2ccc2c3ccccc3oc21. The van der Waals surface area contributed by atoms with E-state index in [-0.39, 0.29) is 42.5 Å². The molecule has 4 nitrogen and oxygen atoms in total. The van der Waals surface area contributed by atoms with Crippen molar-refractivity contribution in [1.29, 1.82) is 0 Å². The number of benzene rings is 5. The number of aromatic nitrogens is 3. The molecule has 0 aliphatic heterocycles. The number of furan rings is 1. The Balaban J connectivity index is 0.000000164. The van der Waals surface area contributed by atoms with E-state index in [0.717, 1.165) is 66.5 Å². The van der Waals surface area contributed by atoms with Crippen LogP contribution in [0, 0.1) is 32.7 Å². The smallest absolute Gasteiger partial charge is 0.158 e. The van der Waals surface area contributed by atoms with Crippen LogP contribution in [-0.4, -0.2) is 14.4 Å². The fraction of sp³-hybridized carbons (Fsp3) is 0.0769. The maximum absolute atomic E-state index is 7.54. The second kappa shape index (κ2) is 11.0. The average molecular weight is 755 g/mol. The number of aryl methyl sites for hydroxylation is 3. The van der Waals surface area contributed by atoms with Gasteiger partial charge in [0.2, 0.25) is 0 Å². The van der Waals surface area contributed by atoms with Crippen molar-refractivity contribution in [2.24, 2.45) is 0 Å². The maximum Gasteiger partial charge on any atom is 0.158 e. The largest absolute Gasteiger partial charge is 0.454 e. The molecule has 4 aromatic heterocycles. The minimum Gasteiger partial charge on any atom is -0.454 e. The molecule has 5 heteroatoms. The minimum absolute atomic E-state index is 0. The molecule has 0 atom stereocenters. The van der Waals surface area contributed by atoms with Crippen LogP contribution in [0.15, 0.2) is 114 Å². The number of hydrogen-bond donors (Lipinski definition) is 0. The van der Waals surface area contributed by atoms with E-state index in [1.807, 2.05) is 30.3 Å². The van der Waals surface area contributed by atoms with Crippen LogP contribution >= 0.6 is 0 Å². The van der Waals surface area contributed by atoms with Gasteiger partial charge in [0.25, 0.3) is 0 Å². The van der Waals surface area contributed by atoms with Crippen LogP contribution in [0.3, 0.4) is 0 Å². The van der Waals surface area contributed by atoms with Crippen LogP contribution < -0.4 is 0 Å². The molecular formula is C39H27IrN3O-2. The van der Waals surface area contributed by atoms with Crippen molar-refractivity contribution in [3.05, 3.63) is 138 Å². The standard InChI is InChI=1S/C25H13N2O.C14H14N.Ir/c1-2-9-19-15(7-1)17-13-14-18-16-8-3-6-12-22(16)28-24(18)23(17)27-21-11-5-4-10-20(21)26-25(19)27;1-10-4-6-13(7-5-10)14-8-11(2)12(3)9-15-14;/h1-8,10-14H;4-6,8-9H,1-3H3;/q2*-1;/i;1D3,2D3,3D3;. The molecular weight excluding hydrogens is 719 g/mol. The molecule has 9 aromatic rings. The molecule has 44 heavy (non-hydrogen) atoms. The topological polar surface area (TPSA) is 43.3 Å². The van der Waals surface area contributed by atoms with Gasteiger partial charge in [-0.05, 0) is 48.5 Å². The summed E-state index contributed by atoms with van der Waals surface area (Å²) in [5.41, 5.74) is 5.89. The maximum atomic E-state index is 7.54. The van der Waals surface area contributed by atoms with E-state index in [1.165, 1.54) is 24.3 Å². The third-order valence-corrected chi connectivity index (χ3v) is 7.67. The molecule has 0 saturated carbocycles. The Morgan fingerprint density at radius 3 is 2.48 bits per heavy atom. The molecule has 4 heterocycles. The number of imidazole rings is 1. The van der Waals surface area contributed by atoms with Gasteiger partial charge in [0.1, 0.15) is 5.58 Å². The van der Waals surface area contributed by atoms with Crippen LogP contribution in [0.5, 0.6) is 0 Å². The molecule has 0 aliphatic rings. The average Bonchev–Trinajstić information content (AvgIpc) is 3.70. The minimum atomic E-state index is -2.61. The zero-order chi connectivity index (χ0) is 36.6. The van der Waals surface area contributed by atoms with Gasteiger partial charge in [0.05, 0.1) is 22.2 Å². The van der Waals surface area contributed by atoms with Crippen molar-refractivity contribution >= 4 is 60.3 Å². The third-order valence-electron chi connectivity index (χ3n) is 7.67. The van der Waals surface area contributed by atoms with Crippen molar-refractivity contribution in [1.82, 2.24) is 14.4 Å². The van der Waals surface area contributed by atoms with Gasteiger partial charge in [-0.3, -0.25) is 4.98 Å². The number of hydrogen-bond acceptors (Lipinski definition) is 3. The Kier molecular flexibility index (Phi) is 4.87. The van der Waals surface area contributed by atoms with Crippen molar-refractivity contribution in [2.75, 3.05) is 0 Å². The summed E-state index contributed by atoms with van der Waals surface area (Å²) in [5, 5.41) is 5.58. The summed E-state index contributed by atoms with van der Waals surface area (Å²) in [4.78, 5) is 8.94. The summed E-state index contributed by atoms with van der Waals surface area (Å²) in [6.45, 7) is -7.47. The van der Waals surface area contributed by atoms with E-state index in [1.54, 1.807) is 0 Å². The predicted molar refractivity (Wildman–Crippen MR) is 177 cm³/mol. The normalized spacial score (nSPS) is 15.2. The number of rotatable bonds is 1. The molecule has 9 rings (SSSR count). The van der Waals surface area contributed by atoms with Crippen LogP contribution in [0.1, 0.15) is 29.0 Å². The van der Waals surface area contributed by atoms with E-state index >= 15 is 0 Å². The van der Waals surface area contributed by atoms with Gasteiger partial charge < -0.3 is 13.8 Å².